The largest absolute Gasteiger partial charge is 0.387 e. The number of aromatic nitrogens is 4. The Kier molecular flexibility index (Phi) is 2.97. The Bertz CT molecular complexity index is 690. The molecule has 1 N–H and O–H groups in total. The predicted octanol–water partition coefficient (Wildman–Crippen LogP) is 2.26. The van der Waals surface area contributed by atoms with Gasteiger partial charge in [-0.3, -0.25) is 4.98 Å². The van der Waals surface area contributed by atoms with Crippen LogP contribution < -0.4 is 0 Å². The molecule has 0 amide bonds. The van der Waals surface area contributed by atoms with Crippen LogP contribution in [0.15, 0.2) is 42.6 Å². The van der Waals surface area contributed by atoms with E-state index in [4.69, 9.17) is 0 Å². The standard InChI is InChI=1S/C14H14N4O/c1-2-14(19)12-8-7-10(9-15-12)18-13-6-4-3-5-11(13)16-17-18/h3-9,14,19H,2H2,1H3/t14-/m1/s1. The molecule has 5 nitrogen and oxygen atoms in total. The van der Waals surface area contributed by atoms with Crippen molar-refractivity contribution in [1.29, 1.82) is 0 Å². The van der Waals surface area contributed by atoms with Crippen LogP contribution in [0.1, 0.15) is 25.1 Å². The highest BCUT2D eigenvalue weighted by molar-refractivity contribution is 5.75. The lowest BCUT2D eigenvalue weighted by Crippen LogP contribution is -2.02. The summed E-state index contributed by atoms with van der Waals surface area (Å²) >= 11 is 0. The van der Waals surface area contributed by atoms with Crippen molar-refractivity contribution in [2.45, 2.75) is 19.4 Å². The number of hydrogen-bond acceptors (Lipinski definition) is 4. The summed E-state index contributed by atoms with van der Waals surface area (Å²) in [5.74, 6) is 0. The van der Waals surface area contributed by atoms with E-state index in [1.807, 2.05) is 43.3 Å². The Hall–Kier alpha value is -2.27. The van der Waals surface area contributed by atoms with E-state index in [1.54, 1.807) is 10.9 Å². The number of rotatable bonds is 3. The molecule has 3 rings (SSSR count). The molecule has 0 aliphatic heterocycles. The molecular weight excluding hydrogens is 240 g/mol. The van der Waals surface area contributed by atoms with Gasteiger partial charge >= 0.3 is 0 Å². The van der Waals surface area contributed by atoms with E-state index in [0.717, 1.165) is 16.7 Å². The number of aliphatic hydroxyl groups is 1. The van der Waals surface area contributed by atoms with E-state index in [0.29, 0.717) is 12.1 Å². The minimum Gasteiger partial charge on any atom is -0.387 e. The number of fused-ring (bicyclic) bond motifs is 1. The highest BCUT2D eigenvalue weighted by atomic mass is 16.3. The van der Waals surface area contributed by atoms with Gasteiger partial charge in [0, 0.05) is 0 Å². The summed E-state index contributed by atoms with van der Waals surface area (Å²) in [5.41, 5.74) is 3.30. The van der Waals surface area contributed by atoms with Gasteiger partial charge < -0.3 is 5.11 Å². The second-order valence-electron chi connectivity index (χ2n) is 4.36. The van der Waals surface area contributed by atoms with Gasteiger partial charge in [-0.2, -0.15) is 0 Å². The SMILES string of the molecule is CC[C@@H](O)c1ccc(-n2nnc3ccccc32)cn1. The highest BCUT2D eigenvalue weighted by Gasteiger charge is 2.09. The summed E-state index contributed by atoms with van der Waals surface area (Å²) in [4.78, 5) is 4.27. The first-order valence-corrected chi connectivity index (χ1v) is 6.24. The zero-order valence-electron chi connectivity index (χ0n) is 10.6. The maximum absolute atomic E-state index is 9.73. The normalized spacial score (nSPS) is 12.7. The van der Waals surface area contributed by atoms with Crippen molar-refractivity contribution in [2.75, 3.05) is 0 Å². The quantitative estimate of drug-likeness (QED) is 0.778. The molecular formula is C14H14N4O. The van der Waals surface area contributed by atoms with Gasteiger partial charge in [0.1, 0.15) is 5.52 Å². The van der Waals surface area contributed by atoms with E-state index in [1.165, 1.54) is 0 Å². The Morgan fingerprint density at radius 3 is 2.79 bits per heavy atom. The van der Waals surface area contributed by atoms with Gasteiger partial charge in [-0.05, 0) is 30.7 Å². The molecule has 0 aliphatic carbocycles. The Labute approximate surface area is 110 Å². The lowest BCUT2D eigenvalue weighted by atomic mass is 10.2. The smallest absolute Gasteiger partial charge is 0.113 e. The first-order chi connectivity index (χ1) is 9.29. The fraction of sp³-hybridized carbons (Fsp3) is 0.214. The van der Waals surface area contributed by atoms with E-state index in [9.17, 15) is 5.11 Å². The van der Waals surface area contributed by atoms with Gasteiger partial charge in [-0.25, -0.2) is 4.68 Å². The van der Waals surface area contributed by atoms with Crippen molar-refractivity contribution < 1.29 is 5.11 Å². The summed E-state index contributed by atoms with van der Waals surface area (Å²) in [7, 11) is 0. The summed E-state index contributed by atoms with van der Waals surface area (Å²) in [6.07, 6.45) is 1.84. The first kappa shape index (κ1) is 11.8. The molecule has 0 fully saturated rings. The number of hydrogen-bond donors (Lipinski definition) is 1. The molecule has 2 aromatic heterocycles. The average molecular weight is 254 g/mol. The lowest BCUT2D eigenvalue weighted by molar-refractivity contribution is 0.169. The number of pyridine rings is 1. The monoisotopic (exact) mass is 254 g/mol. The summed E-state index contributed by atoms with van der Waals surface area (Å²) in [5, 5.41) is 18.0. The van der Waals surface area contributed by atoms with Crippen molar-refractivity contribution in [1.82, 2.24) is 20.0 Å². The molecule has 0 aliphatic rings. The molecule has 1 aromatic carbocycles. The molecule has 5 heteroatoms. The number of benzene rings is 1. The van der Waals surface area contributed by atoms with Gasteiger partial charge in [-0.15, -0.1) is 5.10 Å². The Balaban J connectivity index is 2.02. The van der Waals surface area contributed by atoms with Crippen LogP contribution in [0.2, 0.25) is 0 Å². The topological polar surface area (TPSA) is 63.8 Å². The first-order valence-electron chi connectivity index (χ1n) is 6.24. The third kappa shape index (κ3) is 2.08. The molecule has 0 bridgehead atoms. The Morgan fingerprint density at radius 1 is 1.21 bits per heavy atom. The zero-order valence-corrected chi connectivity index (χ0v) is 10.6. The maximum Gasteiger partial charge on any atom is 0.113 e. The number of aliphatic hydroxyl groups excluding tert-OH is 1. The summed E-state index contributed by atoms with van der Waals surface area (Å²) in [6.45, 7) is 1.92. The van der Waals surface area contributed by atoms with Crippen LogP contribution in [0, 0.1) is 0 Å². The van der Waals surface area contributed by atoms with Gasteiger partial charge in [0.15, 0.2) is 0 Å². The van der Waals surface area contributed by atoms with Gasteiger partial charge in [0.25, 0.3) is 0 Å². The molecule has 0 saturated heterocycles. The van der Waals surface area contributed by atoms with E-state index in [2.05, 4.69) is 15.3 Å². The maximum atomic E-state index is 9.73. The van der Waals surface area contributed by atoms with Gasteiger partial charge in [0.05, 0.1) is 29.2 Å². The fourth-order valence-electron chi connectivity index (χ4n) is 1.99. The van der Waals surface area contributed by atoms with Crippen molar-refractivity contribution >= 4 is 11.0 Å². The lowest BCUT2D eigenvalue weighted by Gasteiger charge is -2.08. The average Bonchev–Trinajstić information content (AvgIpc) is 2.90. The second kappa shape index (κ2) is 4.78. The molecule has 0 saturated carbocycles. The van der Waals surface area contributed by atoms with Crippen LogP contribution in [0.25, 0.3) is 16.7 Å². The van der Waals surface area contributed by atoms with Crippen LogP contribution >= 0.6 is 0 Å². The number of para-hydroxylation sites is 1. The molecule has 3 aromatic rings. The van der Waals surface area contributed by atoms with Crippen LogP contribution in [0.3, 0.4) is 0 Å². The molecule has 19 heavy (non-hydrogen) atoms. The van der Waals surface area contributed by atoms with Crippen LogP contribution in [0.4, 0.5) is 0 Å². The second-order valence-corrected chi connectivity index (χ2v) is 4.36. The van der Waals surface area contributed by atoms with Crippen molar-refractivity contribution in [3.05, 3.63) is 48.3 Å². The van der Waals surface area contributed by atoms with E-state index >= 15 is 0 Å². The van der Waals surface area contributed by atoms with Gasteiger partial charge in [0.2, 0.25) is 0 Å². The fourth-order valence-corrected chi connectivity index (χ4v) is 1.99. The van der Waals surface area contributed by atoms with Crippen molar-refractivity contribution in [3.63, 3.8) is 0 Å². The predicted molar refractivity (Wildman–Crippen MR) is 71.9 cm³/mol. The third-order valence-corrected chi connectivity index (χ3v) is 3.10. The van der Waals surface area contributed by atoms with Crippen LogP contribution in [-0.4, -0.2) is 25.1 Å². The van der Waals surface area contributed by atoms with Gasteiger partial charge in [-0.1, -0.05) is 24.3 Å². The number of nitrogens with zero attached hydrogens (tertiary/aromatic N) is 4. The van der Waals surface area contributed by atoms with E-state index in [-0.39, 0.29) is 0 Å². The van der Waals surface area contributed by atoms with Crippen molar-refractivity contribution in [3.8, 4) is 5.69 Å². The van der Waals surface area contributed by atoms with Crippen LogP contribution in [-0.2, 0) is 0 Å². The molecule has 96 valence electrons. The molecule has 2 heterocycles. The van der Waals surface area contributed by atoms with E-state index < -0.39 is 6.10 Å². The van der Waals surface area contributed by atoms with Crippen molar-refractivity contribution in [2.24, 2.45) is 0 Å². The third-order valence-electron chi connectivity index (χ3n) is 3.10. The Morgan fingerprint density at radius 2 is 2.05 bits per heavy atom. The minimum atomic E-state index is -0.512. The minimum absolute atomic E-state index is 0.512. The summed E-state index contributed by atoms with van der Waals surface area (Å²) < 4.78 is 1.74. The molecule has 0 unspecified atom stereocenters. The molecule has 0 spiro atoms. The summed E-state index contributed by atoms with van der Waals surface area (Å²) in [6, 6.07) is 11.5. The molecule has 0 radical (unpaired) electrons. The molecule has 1 atom stereocenters. The zero-order chi connectivity index (χ0) is 13.2. The highest BCUT2D eigenvalue weighted by Crippen LogP contribution is 2.18. The van der Waals surface area contributed by atoms with Crippen LogP contribution in [0.5, 0.6) is 0 Å².